The summed E-state index contributed by atoms with van der Waals surface area (Å²) in [5, 5.41) is 12.2. The predicted molar refractivity (Wildman–Crippen MR) is 71.5 cm³/mol. The first kappa shape index (κ1) is 11.7. The quantitative estimate of drug-likeness (QED) is 0.748. The number of rotatable bonds is 4. The molecule has 0 aliphatic heterocycles. The zero-order chi connectivity index (χ0) is 13.1. The van der Waals surface area contributed by atoms with Crippen molar-refractivity contribution in [2.24, 2.45) is 0 Å². The Kier molecular flexibility index (Phi) is 3.12. The first-order chi connectivity index (χ1) is 9.35. The summed E-state index contributed by atoms with van der Waals surface area (Å²) in [6.45, 7) is 0.483. The molecule has 0 fully saturated rings. The van der Waals surface area contributed by atoms with Gasteiger partial charge >= 0.3 is 0 Å². The summed E-state index contributed by atoms with van der Waals surface area (Å²) in [5.41, 5.74) is 2.67. The van der Waals surface area contributed by atoms with Crippen LogP contribution in [0.25, 0.3) is 11.0 Å². The van der Waals surface area contributed by atoms with Crippen LogP contribution >= 0.6 is 0 Å². The average molecular weight is 255 g/mol. The van der Waals surface area contributed by atoms with Crippen LogP contribution in [-0.4, -0.2) is 15.1 Å². The van der Waals surface area contributed by atoms with Crippen LogP contribution in [-0.2, 0) is 13.2 Å². The number of fused-ring (bicyclic) bond motifs is 1. The molecular formula is C14H13N3O2. The van der Waals surface area contributed by atoms with E-state index in [1.54, 1.807) is 18.5 Å². The molecule has 0 radical (unpaired) electrons. The molecule has 5 heteroatoms. The number of benzene rings is 1. The van der Waals surface area contributed by atoms with Crippen LogP contribution in [0, 0.1) is 0 Å². The number of hydrogen-bond acceptors (Lipinski definition) is 5. The van der Waals surface area contributed by atoms with Crippen LogP contribution in [0.2, 0.25) is 0 Å². The summed E-state index contributed by atoms with van der Waals surface area (Å²) in [6.07, 6.45) is 3.35. The van der Waals surface area contributed by atoms with Gasteiger partial charge in [0.1, 0.15) is 18.1 Å². The van der Waals surface area contributed by atoms with Crippen LogP contribution in [0.5, 0.6) is 0 Å². The number of anilines is 1. The van der Waals surface area contributed by atoms with E-state index in [2.05, 4.69) is 15.3 Å². The van der Waals surface area contributed by atoms with E-state index in [1.807, 2.05) is 24.3 Å². The molecule has 96 valence electrons. The van der Waals surface area contributed by atoms with E-state index in [0.29, 0.717) is 12.3 Å². The third-order valence-electron chi connectivity index (χ3n) is 2.81. The molecule has 2 N–H and O–H groups in total. The lowest BCUT2D eigenvalue weighted by atomic mass is 10.2. The van der Waals surface area contributed by atoms with Gasteiger partial charge in [-0.25, -0.2) is 0 Å². The standard InChI is InChI=1S/C14H13N3O2/c18-9-12-3-2-11(19-12)8-17-10-1-4-13-14(7-10)16-6-5-15-13/h1-7,17-18H,8-9H2. The summed E-state index contributed by atoms with van der Waals surface area (Å²) in [5.74, 6) is 1.35. The lowest BCUT2D eigenvalue weighted by molar-refractivity contribution is 0.244. The zero-order valence-corrected chi connectivity index (χ0v) is 10.2. The van der Waals surface area contributed by atoms with Gasteiger partial charge in [-0.05, 0) is 30.3 Å². The maximum Gasteiger partial charge on any atom is 0.129 e. The maximum absolute atomic E-state index is 8.93. The highest BCUT2D eigenvalue weighted by molar-refractivity contribution is 5.78. The molecular weight excluding hydrogens is 242 g/mol. The van der Waals surface area contributed by atoms with E-state index >= 15 is 0 Å². The van der Waals surface area contributed by atoms with Crippen molar-refractivity contribution in [1.82, 2.24) is 9.97 Å². The highest BCUT2D eigenvalue weighted by atomic mass is 16.4. The molecule has 3 aromatic rings. The summed E-state index contributed by atoms with van der Waals surface area (Å²) in [6, 6.07) is 9.43. The van der Waals surface area contributed by atoms with E-state index in [9.17, 15) is 0 Å². The van der Waals surface area contributed by atoms with Gasteiger partial charge < -0.3 is 14.8 Å². The molecule has 1 aromatic carbocycles. The molecule has 3 rings (SSSR count). The molecule has 0 aliphatic carbocycles. The van der Waals surface area contributed by atoms with Gasteiger partial charge in [-0.2, -0.15) is 0 Å². The molecule has 0 saturated carbocycles. The molecule has 0 bridgehead atoms. The third kappa shape index (κ3) is 2.56. The molecule has 0 aliphatic rings. The second-order valence-electron chi connectivity index (χ2n) is 4.14. The largest absolute Gasteiger partial charge is 0.462 e. The molecule has 0 spiro atoms. The van der Waals surface area contributed by atoms with Crippen molar-refractivity contribution in [2.75, 3.05) is 5.32 Å². The van der Waals surface area contributed by atoms with Crippen LogP contribution in [0.15, 0.2) is 47.1 Å². The van der Waals surface area contributed by atoms with Crippen LogP contribution in [0.4, 0.5) is 5.69 Å². The van der Waals surface area contributed by atoms with Gasteiger partial charge in [0.15, 0.2) is 0 Å². The van der Waals surface area contributed by atoms with Gasteiger partial charge in [0.05, 0.1) is 17.6 Å². The summed E-state index contributed by atoms with van der Waals surface area (Å²) >= 11 is 0. The minimum atomic E-state index is -0.0778. The Bertz CT molecular complexity index is 694. The fourth-order valence-corrected chi connectivity index (χ4v) is 1.86. The van der Waals surface area contributed by atoms with E-state index in [0.717, 1.165) is 22.5 Å². The predicted octanol–water partition coefficient (Wildman–Crippen LogP) is 2.33. The Morgan fingerprint density at radius 1 is 1.00 bits per heavy atom. The highest BCUT2D eigenvalue weighted by Gasteiger charge is 2.02. The van der Waals surface area contributed by atoms with Crippen LogP contribution in [0.3, 0.4) is 0 Å². The van der Waals surface area contributed by atoms with Crippen molar-refractivity contribution in [1.29, 1.82) is 0 Å². The second kappa shape index (κ2) is 5.07. The lowest BCUT2D eigenvalue weighted by Gasteiger charge is -2.05. The SMILES string of the molecule is OCc1ccc(CNc2ccc3nccnc3c2)o1. The highest BCUT2D eigenvalue weighted by Crippen LogP contribution is 2.16. The monoisotopic (exact) mass is 255 g/mol. The fraction of sp³-hybridized carbons (Fsp3) is 0.143. The van der Waals surface area contributed by atoms with Gasteiger partial charge in [0, 0.05) is 18.1 Å². The first-order valence-corrected chi connectivity index (χ1v) is 5.98. The molecule has 0 amide bonds. The van der Waals surface area contributed by atoms with Gasteiger partial charge in [-0.3, -0.25) is 9.97 Å². The Morgan fingerprint density at radius 3 is 2.58 bits per heavy atom. The number of nitrogens with one attached hydrogen (secondary N) is 1. The normalized spacial score (nSPS) is 10.8. The minimum Gasteiger partial charge on any atom is -0.462 e. The molecule has 0 unspecified atom stereocenters. The Labute approximate surface area is 109 Å². The number of aliphatic hydroxyl groups is 1. The van der Waals surface area contributed by atoms with Gasteiger partial charge in [-0.15, -0.1) is 0 Å². The Hall–Kier alpha value is -2.40. The smallest absolute Gasteiger partial charge is 0.129 e. The molecule has 2 heterocycles. The Morgan fingerprint density at radius 2 is 1.79 bits per heavy atom. The van der Waals surface area contributed by atoms with E-state index in [4.69, 9.17) is 9.52 Å². The second-order valence-corrected chi connectivity index (χ2v) is 4.14. The van der Waals surface area contributed by atoms with Crippen molar-refractivity contribution < 1.29 is 9.52 Å². The van der Waals surface area contributed by atoms with E-state index in [1.165, 1.54) is 0 Å². The summed E-state index contributed by atoms with van der Waals surface area (Å²) < 4.78 is 5.40. The van der Waals surface area contributed by atoms with Gasteiger partial charge in [0.2, 0.25) is 0 Å². The number of hydrogen-bond donors (Lipinski definition) is 2. The lowest BCUT2D eigenvalue weighted by Crippen LogP contribution is -1.98. The van der Waals surface area contributed by atoms with Gasteiger partial charge in [0.25, 0.3) is 0 Å². The number of aromatic nitrogens is 2. The number of furan rings is 1. The van der Waals surface area contributed by atoms with Crippen molar-refractivity contribution in [2.45, 2.75) is 13.2 Å². The minimum absolute atomic E-state index is 0.0778. The zero-order valence-electron chi connectivity index (χ0n) is 10.2. The molecule has 5 nitrogen and oxygen atoms in total. The van der Waals surface area contributed by atoms with Crippen molar-refractivity contribution >= 4 is 16.7 Å². The number of aliphatic hydroxyl groups excluding tert-OH is 1. The first-order valence-electron chi connectivity index (χ1n) is 5.98. The van der Waals surface area contributed by atoms with Crippen LogP contribution in [0.1, 0.15) is 11.5 Å². The van der Waals surface area contributed by atoms with Crippen LogP contribution < -0.4 is 5.32 Å². The summed E-state index contributed by atoms with van der Waals surface area (Å²) in [4.78, 5) is 8.47. The molecule has 19 heavy (non-hydrogen) atoms. The fourth-order valence-electron chi connectivity index (χ4n) is 1.86. The third-order valence-corrected chi connectivity index (χ3v) is 2.81. The van der Waals surface area contributed by atoms with E-state index < -0.39 is 0 Å². The molecule has 2 aromatic heterocycles. The van der Waals surface area contributed by atoms with Crippen molar-refractivity contribution in [3.05, 3.63) is 54.2 Å². The molecule has 0 atom stereocenters. The van der Waals surface area contributed by atoms with Crippen molar-refractivity contribution in [3.63, 3.8) is 0 Å². The molecule has 0 saturated heterocycles. The average Bonchev–Trinajstić information content (AvgIpc) is 2.93. The maximum atomic E-state index is 8.93. The topological polar surface area (TPSA) is 71.2 Å². The number of nitrogens with zero attached hydrogens (tertiary/aromatic N) is 2. The Balaban J connectivity index is 1.74. The van der Waals surface area contributed by atoms with E-state index in [-0.39, 0.29) is 6.61 Å². The summed E-state index contributed by atoms with van der Waals surface area (Å²) in [7, 11) is 0. The van der Waals surface area contributed by atoms with Gasteiger partial charge in [-0.1, -0.05) is 0 Å². The van der Waals surface area contributed by atoms with Crippen molar-refractivity contribution in [3.8, 4) is 0 Å².